The van der Waals surface area contributed by atoms with Crippen molar-refractivity contribution < 1.29 is 0 Å². The molecule has 0 amide bonds. The molecular formula is C26H32. The van der Waals surface area contributed by atoms with Gasteiger partial charge >= 0.3 is 0 Å². The molecule has 136 valence electrons. The Morgan fingerprint density at radius 2 is 1.19 bits per heavy atom. The molecule has 0 fully saturated rings. The Hall–Kier alpha value is -2.26. The highest BCUT2D eigenvalue weighted by Crippen LogP contribution is 2.11. The van der Waals surface area contributed by atoms with Crippen LogP contribution in [0.1, 0.15) is 74.1 Å². The number of aryl methyl sites for hydroxylation is 2. The van der Waals surface area contributed by atoms with Gasteiger partial charge < -0.3 is 0 Å². The Morgan fingerprint density at radius 1 is 0.692 bits per heavy atom. The standard InChI is InChI=1S/C26H32/c1-3-5-7-8-10-12-24-15-19-26(20-16-24)22-21-25-17-13-23(14-18-25)11-9-6-4-2/h3,13-20H,1,4-12H2,2H3. The van der Waals surface area contributed by atoms with Crippen LogP contribution in [-0.2, 0) is 12.8 Å². The fourth-order valence-electron chi connectivity index (χ4n) is 3.03. The van der Waals surface area contributed by atoms with E-state index in [1.807, 2.05) is 6.08 Å². The average molecular weight is 345 g/mol. The summed E-state index contributed by atoms with van der Waals surface area (Å²) in [5.41, 5.74) is 5.01. The van der Waals surface area contributed by atoms with E-state index in [0.717, 1.165) is 24.0 Å². The van der Waals surface area contributed by atoms with Crippen LogP contribution in [0.2, 0.25) is 0 Å². The fourth-order valence-corrected chi connectivity index (χ4v) is 3.03. The van der Waals surface area contributed by atoms with Crippen molar-refractivity contribution in [2.45, 2.75) is 64.7 Å². The first-order chi connectivity index (χ1) is 12.8. The van der Waals surface area contributed by atoms with Crippen molar-refractivity contribution in [3.05, 3.63) is 83.4 Å². The number of hydrogen-bond donors (Lipinski definition) is 0. The van der Waals surface area contributed by atoms with Gasteiger partial charge in [-0.3, -0.25) is 0 Å². The quantitative estimate of drug-likeness (QED) is 0.245. The maximum absolute atomic E-state index is 3.77. The third-order valence-corrected chi connectivity index (χ3v) is 4.70. The number of allylic oxidation sites excluding steroid dienone is 1. The van der Waals surface area contributed by atoms with Gasteiger partial charge in [-0.25, -0.2) is 0 Å². The van der Waals surface area contributed by atoms with Gasteiger partial charge in [-0.05, 0) is 73.9 Å². The average Bonchev–Trinajstić information content (AvgIpc) is 2.68. The predicted molar refractivity (Wildman–Crippen MR) is 114 cm³/mol. The topological polar surface area (TPSA) is 0 Å². The monoisotopic (exact) mass is 344 g/mol. The molecule has 0 nitrogen and oxygen atoms in total. The van der Waals surface area contributed by atoms with E-state index in [4.69, 9.17) is 0 Å². The first kappa shape index (κ1) is 20.1. The van der Waals surface area contributed by atoms with E-state index in [1.54, 1.807) is 0 Å². The normalized spacial score (nSPS) is 10.2. The summed E-state index contributed by atoms with van der Waals surface area (Å²) in [6.45, 7) is 6.02. The Labute approximate surface area is 160 Å². The molecule has 0 N–H and O–H groups in total. The van der Waals surface area contributed by atoms with Crippen LogP contribution in [0.3, 0.4) is 0 Å². The summed E-state index contributed by atoms with van der Waals surface area (Å²) in [4.78, 5) is 0. The lowest BCUT2D eigenvalue weighted by Gasteiger charge is -2.01. The van der Waals surface area contributed by atoms with Crippen LogP contribution in [0.25, 0.3) is 0 Å². The molecule has 2 aromatic rings. The molecule has 0 aliphatic rings. The minimum absolute atomic E-state index is 1.09. The summed E-state index contributed by atoms with van der Waals surface area (Å²) in [7, 11) is 0. The maximum atomic E-state index is 3.77. The van der Waals surface area contributed by atoms with E-state index in [0.29, 0.717) is 0 Å². The van der Waals surface area contributed by atoms with Crippen molar-refractivity contribution in [1.29, 1.82) is 0 Å². The van der Waals surface area contributed by atoms with Gasteiger partial charge in [0.15, 0.2) is 0 Å². The molecule has 0 heteroatoms. The summed E-state index contributed by atoms with van der Waals surface area (Å²) in [5.74, 6) is 6.56. The molecule has 2 rings (SSSR count). The summed E-state index contributed by atoms with van der Waals surface area (Å²) < 4.78 is 0. The van der Waals surface area contributed by atoms with E-state index in [1.165, 1.54) is 56.1 Å². The lowest BCUT2D eigenvalue weighted by molar-refractivity contribution is 0.687. The number of benzene rings is 2. The Bertz CT molecular complexity index is 692. The zero-order valence-electron chi connectivity index (χ0n) is 16.3. The molecule has 0 saturated heterocycles. The van der Waals surface area contributed by atoms with Gasteiger partial charge in [0.25, 0.3) is 0 Å². The number of hydrogen-bond acceptors (Lipinski definition) is 0. The van der Waals surface area contributed by atoms with Crippen molar-refractivity contribution in [2.75, 3.05) is 0 Å². The zero-order valence-corrected chi connectivity index (χ0v) is 16.3. The van der Waals surface area contributed by atoms with Crippen LogP contribution in [0.5, 0.6) is 0 Å². The van der Waals surface area contributed by atoms with Crippen LogP contribution in [0.15, 0.2) is 61.2 Å². The second kappa shape index (κ2) is 12.2. The van der Waals surface area contributed by atoms with Gasteiger partial charge in [0.2, 0.25) is 0 Å². The van der Waals surface area contributed by atoms with Gasteiger partial charge in [0.1, 0.15) is 0 Å². The van der Waals surface area contributed by atoms with Crippen LogP contribution < -0.4 is 0 Å². The third-order valence-electron chi connectivity index (χ3n) is 4.70. The van der Waals surface area contributed by atoms with Crippen molar-refractivity contribution in [1.82, 2.24) is 0 Å². The molecule has 0 atom stereocenters. The second-order valence-electron chi connectivity index (χ2n) is 6.99. The fraction of sp³-hybridized carbons (Fsp3) is 0.385. The summed E-state index contributed by atoms with van der Waals surface area (Å²) in [6, 6.07) is 17.4. The Kier molecular flexibility index (Phi) is 9.37. The molecule has 0 spiro atoms. The molecule has 0 bridgehead atoms. The molecule has 2 aromatic carbocycles. The SMILES string of the molecule is C=CCCCCCc1ccc(C#Cc2ccc(CCCCC)cc2)cc1. The van der Waals surface area contributed by atoms with Crippen molar-refractivity contribution in [2.24, 2.45) is 0 Å². The Balaban J connectivity index is 1.82. The highest BCUT2D eigenvalue weighted by atomic mass is 14.0. The molecule has 0 aromatic heterocycles. The minimum atomic E-state index is 1.09. The molecular weight excluding hydrogens is 312 g/mol. The van der Waals surface area contributed by atoms with Crippen LogP contribution >= 0.6 is 0 Å². The van der Waals surface area contributed by atoms with Crippen molar-refractivity contribution in [3.8, 4) is 11.8 Å². The first-order valence-corrected chi connectivity index (χ1v) is 10.1. The molecule has 0 aliphatic heterocycles. The smallest absolute Gasteiger partial charge is 0.0249 e. The Morgan fingerprint density at radius 3 is 1.65 bits per heavy atom. The van der Waals surface area contributed by atoms with Gasteiger partial charge in [0.05, 0.1) is 0 Å². The van der Waals surface area contributed by atoms with E-state index in [-0.39, 0.29) is 0 Å². The molecule has 0 unspecified atom stereocenters. The molecule has 0 heterocycles. The van der Waals surface area contributed by atoms with Crippen LogP contribution in [-0.4, -0.2) is 0 Å². The number of rotatable bonds is 10. The lowest BCUT2D eigenvalue weighted by Crippen LogP contribution is -1.87. The molecule has 0 aliphatic carbocycles. The van der Waals surface area contributed by atoms with Gasteiger partial charge in [-0.1, -0.05) is 68.4 Å². The van der Waals surface area contributed by atoms with Crippen molar-refractivity contribution >= 4 is 0 Å². The summed E-state index contributed by atoms with van der Waals surface area (Å²) in [6.07, 6.45) is 13.1. The molecule has 0 radical (unpaired) electrons. The number of unbranched alkanes of at least 4 members (excludes halogenated alkanes) is 5. The largest absolute Gasteiger partial charge is 0.103 e. The van der Waals surface area contributed by atoms with E-state index in [9.17, 15) is 0 Å². The van der Waals surface area contributed by atoms with E-state index >= 15 is 0 Å². The predicted octanol–water partition coefficient (Wildman–Crippen LogP) is 7.11. The first-order valence-electron chi connectivity index (χ1n) is 10.1. The molecule has 26 heavy (non-hydrogen) atoms. The molecule has 0 saturated carbocycles. The lowest BCUT2D eigenvalue weighted by atomic mass is 10.0. The highest BCUT2D eigenvalue weighted by Gasteiger charge is 1.95. The van der Waals surface area contributed by atoms with Crippen LogP contribution in [0.4, 0.5) is 0 Å². The van der Waals surface area contributed by atoms with Gasteiger partial charge in [-0.15, -0.1) is 6.58 Å². The maximum Gasteiger partial charge on any atom is 0.0249 e. The summed E-state index contributed by atoms with van der Waals surface area (Å²) in [5, 5.41) is 0. The zero-order chi connectivity index (χ0) is 18.5. The van der Waals surface area contributed by atoms with Gasteiger partial charge in [-0.2, -0.15) is 0 Å². The van der Waals surface area contributed by atoms with Crippen LogP contribution in [0, 0.1) is 11.8 Å². The van der Waals surface area contributed by atoms with Gasteiger partial charge in [0, 0.05) is 11.1 Å². The minimum Gasteiger partial charge on any atom is -0.103 e. The third kappa shape index (κ3) is 7.75. The van der Waals surface area contributed by atoms with E-state index < -0.39 is 0 Å². The van der Waals surface area contributed by atoms with E-state index in [2.05, 4.69) is 73.9 Å². The van der Waals surface area contributed by atoms with Crippen molar-refractivity contribution in [3.63, 3.8) is 0 Å². The summed E-state index contributed by atoms with van der Waals surface area (Å²) >= 11 is 0. The second-order valence-corrected chi connectivity index (χ2v) is 6.99. The highest BCUT2D eigenvalue weighted by molar-refractivity contribution is 5.44.